The summed E-state index contributed by atoms with van der Waals surface area (Å²) in [6.45, 7) is 1.98. The minimum atomic E-state index is 0.338. The largest absolute Gasteiger partial charge is 0.380 e. The lowest BCUT2D eigenvalue weighted by Gasteiger charge is -2.01. The zero-order valence-electron chi connectivity index (χ0n) is 8.62. The molecule has 0 saturated heterocycles. The van der Waals surface area contributed by atoms with Gasteiger partial charge in [-0.1, -0.05) is 6.92 Å². The van der Waals surface area contributed by atoms with Crippen LogP contribution in [-0.2, 0) is 6.42 Å². The van der Waals surface area contributed by atoms with Gasteiger partial charge in [0.1, 0.15) is 11.0 Å². The monoisotopic (exact) mass is 215 g/mol. The summed E-state index contributed by atoms with van der Waals surface area (Å²) in [5, 5.41) is 12.3. The van der Waals surface area contributed by atoms with E-state index in [1.165, 1.54) is 0 Å². The second-order valence-corrected chi connectivity index (χ2v) is 3.34. The molecule has 7 nitrogen and oxygen atoms in total. The van der Waals surface area contributed by atoms with E-state index in [2.05, 4.69) is 25.3 Å². The lowest BCUT2D eigenvalue weighted by molar-refractivity contribution is 0.830. The molecule has 0 aliphatic carbocycles. The second-order valence-electron chi connectivity index (χ2n) is 3.34. The third-order valence-corrected chi connectivity index (χ3v) is 2.38. The van der Waals surface area contributed by atoms with Gasteiger partial charge in [0.25, 0.3) is 0 Å². The average Bonchev–Trinajstić information content (AvgIpc) is 2.72. The van der Waals surface area contributed by atoms with Crippen LogP contribution in [0.3, 0.4) is 0 Å². The fourth-order valence-electron chi connectivity index (χ4n) is 1.63. The SMILES string of the molecule is CCc1nnc2c3nccnc3c(N)nn12. The van der Waals surface area contributed by atoms with Crippen molar-refractivity contribution in [2.45, 2.75) is 13.3 Å². The maximum atomic E-state index is 5.82. The fraction of sp³-hybridized carbons (Fsp3) is 0.222. The molecule has 0 aromatic carbocycles. The van der Waals surface area contributed by atoms with Crippen LogP contribution in [0, 0.1) is 0 Å². The Hall–Kier alpha value is -2.31. The molecule has 2 N–H and O–H groups in total. The van der Waals surface area contributed by atoms with E-state index in [0.29, 0.717) is 22.5 Å². The summed E-state index contributed by atoms with van der Waals surface area (Å²) in [6.07, 6.45) is 3.91. The standard InChI is InChI=1S/C9H9N7/c1-2-5-13-14-9-7-6(11-3-4-12-7)8(10)15-16(5)9/h3-4H,2H2,1H3,(H2,10,15). The number of hydrogen-bond acceptors (Lipinski definition) is 6. The molecule has 0 aliphatic heterocycles. The van der Waals surface area contributed by atoms with Gasteiger partial charge in [-0.15, -0.1) is 15.3 Å². The molecule has 80 valence electrons. The van der Waals surface area contributed by atoms with Gasteiger partial charge in [-0.25, -0.2) is 9.97 Å². The summed E-state index contributed by atoms with van der Waals surface area (Å²) in [5.74, 6) is 1.10. The summed E-state index contributed by atoms with van der Waals surface area (Å²) in [7, 11) is 0. The number of fused-ring (bicyclic) bond motifs is 3. The number of nitrogen functional groups attached to an aromatic ring is 1. The van der Waals surface area contributed by atoms with Gasteiger partial charge < -0.3 is 5.73 Å². The molecule has 0 fully saturated rings. The van der Waals surface area contributed by atoms with E-state index in [1.807, 2.05) is 6.92 Å². The molecular weight excluding hydrogens is 206 g/mol. The highest BCUT2D eigenvalue weighted by Crippen LogP contribution is 2.18. The van der Waals surface area contributed by atoms with Crippen LogP contribution < -0.4 is 5.73 Å². The fourth-order valence-corrected chi connectivity index (χ4v) is 1.63. The van der Waals surface area contributed by atoms with Crippen LogP contribution in [0.5, 0.6) is 0 Å². The lowest BCUT2D eigenvalue weighted by Crippen LogP contribution is -2.04. The first-order chi connectivity index (χ1) is 7.81. The Morgan fingerprint density at radius 2 is 1.94 bits per heavy atom. The number of aromatic nitrogens is 6. The van der Waals surface area contributed by atoms with Crippen molar-refractivity contribution in [1.82, 2.24) is 29.8 Å². The Balaban J connectivity index is 2.55. The van der Waals surface area contributed by atoms with Gasteiger partial charge in [-0.2, -0.15) is 4.52 Å². The summed E-state index contributed by atoms with van der Waals surface area (Å²) in [5.41, 5.74) is 7.59. The Kier molecular flexibility index (Phi) is 1.73. The van der Waals surface area contributed by atoms with Crippen LogP contribution in [-0.4, -0.2) is 29.8 Å². The molecule has 0 saturated carbocycles. The van der Waals surface area contributed by atoms with Crippen molar-refractivity contribution in [3.8, 4) is 0 Å². The summed E-state index contributed by atoms with van der Waals surface area (Å²) in [4.78, 5) is 8.35. The predicted octanol–water partition coefficient (Wildman–Crippen LogP) is 0.212. The van der Waals surface area contributed by atoms with Crippen molar-refractivity contribution >= 4 is 22.5 Å². The summed E-state index contributed by atoms with van der Waals surface area (Å²) < 4.78 is 1.62. The molecule has 0 spiro atoms. The van der Waals surface area contributed by atoms with Crippen LogP contribution in [0.2, 0.25) is 0 Å². The summed E-state index contributed by atoms with van der Waals surface area (Å²) >= 11 is 0. The van der Waals surface area contributed by atoms with Gasteiger partial charge in [0.15, 0.2) is 11.6 Å². The molecule has 0 unspecified atom stereocenters. The normalized spacial score (nSPS) is 11.3. The van der Waals surface area contributed by atoms with Crippen LogP contribution in [0.25, 0.3) is 16.7 Å². The van der Waals surface area contributed by atoms with Crippen molar-refractivity contribution in [3.05, 3.63) is 18.2 Å². The minimum Gasteiger partial charge on any atom is -0.380 e. The molecule has 16 heavy (non-hydrogen) atoms. The number of aryl methyl sites for hydroxylation is 1. The molecule has 0 radical (unpaired) electrons. The third kappa shape index (κ3) is 1.05. The molecule has 0 bridgehead atoms. The topological polar surface area (TPSA) is 94.9 Å². The number of nitrogens with zero attached hydrogens (tertiary/aromatic N) is 6. The molecule has 3 heterocycles. The van der Waals surface area contributed by atoms with Gasteiger partial charge in [0.2, 0.25) is 5.65 Å². The van der Waals surface area contributed by atoms with E-state index in [-0.39, 0.29) is 0 Å². The molecule has 0 amide bonds. The van der Waals surface area contributed by atoms with Gasteiger partial charge >= 0.3 is 0 Å². The van der Waals surface area contributed by atoms with E-state index in [4.69, 9.17) is 5.73 Å². The minimum absolute atomic E-state index is 0.338. The van der Waals surface area contributed by atoms with Gasteiger partial charge in [-0.3, -0.25) is 0 Å². The molecule has 3 rings (SSSR count). The van der Waals surface area contributed by atoms with E-state index < -0.39 is 0 Å². The number of rotatable bonds is 1. The van der Waals surface area contributed by atoms with Gasteiger partial charge in [0.05, 0.1) is 0 Å². The van der Waals surface area contributed by atoms with Crippen LogP contribution in [0.1, 0.15) is 12.7 Å². The van der Waals surface area contributed by atoms with Crippen LogP contribution in [0.15, 0.2) is 12.4 Å². The molecule has 7 heteroatoms. The molecule has 3 aromatic heterocycles. The Labute approximate surface area is 90.3 Å². The first-order valence-electron chi connectivity index (χ1n) is 4.91. The highest BCUT2D eigenvalue weighted by Gasteiger charge is 2.12. The van der Waals surface area contributed by atoms with Gasteiger partial charge in [0, 0.05) is 18.8 Å². The van der Waals surface area contributed by atoms with Crippen LogP contribution in [0.4, 0.5) is 5.82 Å². The first-order valence-corrected chi connectivity index (χ1v) is 4.91. The van der Waals surface area contributed by atoms with E-state index >= 15 is 0 Å². The first kappa shape index (κ1) is 8.96. The summed E-state index contributed by atoms with van der Waals surface area (Å²) in [6, 6.07) is 0. The number of nitrogens with two attached hydrogens (primary N) is 1. The smallest absolute Gasteiger partial charge is 0.205 e. The highest BCUT2D eigenvalue weighted by atomic mass is 15.4. The predicted molar refractivity (Wildman–Crippen MR) is 57.7 cm³/mol. The third-order valence-electron chi connectivity index (χ3n) is 2.38. The molecular formula is C9H9N7. The second kappa shape index (κ2) is 3.09. The Morgan fingerprint density at radius 3 is 2.69 bits per heavy atom. The quantitative estimate of drug-likeness (QED) is 0.623. The van der Waals surface area contributed by atoms with Crippen molar-refractivity contribution in [2.75, 3.05) is 5.73 Å². The molecule has 3 aromatic rings. The highest BCUT2D eigenvalue weighted by molar-refractivity contribution is 5.92. The van der Waals surface area contributed by atoms with E-state index in [1.54, 1.807) is 16.9 Å². The van der Waals surface area contributed by atoms with Gasteiger partial charge in [-0.05, 0) is 0 Å². The molecule has 0 atom stereocenters. The van der Waals surface area contributed by atoms with Crippen molar-refractivity contribution < 1.29 is 0 Å². The lowest BCUT2D eigenvalue weighted by atomic mass is 10.4. The average molecular weight is 215 g/mol. The van der Waals surface area contributed by atoms with E-state index in [0.717, 1.165) is 12.2 Å². The zero-order chi connectivity index (χ0) is 11.1. The zero-order valence-corrected chi connectivity index (χ0v) is 8.62. The van der Waals surface area contributed by atoms with Crippen LogP contribution >= 0.6 is 0 Å². The Bertz CT molecular complexity index is 672. The van der Waals surface area contributed by atoms with E-state index in [9.17, 15) is 0 Å². The number of anilines is 1. The Morgan fingerprint density at radius 1 is 1.19 bits per heavy atom. The van der Waals surface area contributed by atoms with Crippen molar-refractivity contribution in [1.29, 1.82) is 0 Å². The number of hydrogen-bond donors (Lipinski definition) is 1. The van der Waals surface area contributed by atoms with Crippen molar-refractivity contribution in [2.24, 2.45) is 0 Å². The maximum Gasteiger partial charge on any atom is 0.205 e. The molecule has 0 aliphatic rings. The maximum absolute atomic E-state index is 5.82. The van der Waals surface area contributed by atoms with Crippen molar-refractivity contribution in [3.63, 3.8) is 0 Å².